The summed E-state index contributed by atoms with van der Waals surface area (Å²) in [6.07, 6.45) is 0. The molecule has 0 fully saturated rings. The van der Waals surface area contributed by atoms with E-state index in [4.69, 9.17) is 28.3 Å². The van der Waals surface area contributed by atoms with Crippen LogP contribution in [0.15, 0.2) is 23.1 Å². The highest BCUT2D eigenvalue weighted by atomic mass is 35.5. The van der Waals surface area contributed by atoms with Crippen LogP contribution in [-0.2, 0) is 14.6 Å². The molecule has 7 heteroatoms. The molecule has 4 nitrogen and oxygen atoms in total. The Morgan fingerprint density at radius 3 is 1.94 bits per heavy atom. The number of benzene rings is 1. The number of hydrogen-bond acceptors (Lipinski definition) is 3. The summed E-state index contributed by atoms with van der Waals surface area (Å²) >= 11 is 11.4. The van der Waals surface area contributed by atoms with Crippen LogP contribution in [0.25, 0.3) is 0 Å². The van der Waals surface area contributed by atoms with Gasteiger partial charge in [0.1, 0.15) is 0 Å². The fraction of sp³-hybridized carbons (Fsp3) is 0.364. The zero-order valence-corrected chi connectivity index (χ0v) is 12.1. The van der Waals surface area contributed by atoms with Crippen molar-refractivity contribution < 1.29 is 18.3 Å². The van der Waals surface area contributed by atoms with Gasteiger partial charge in [0.15, 0.2) is 15.1 Å². The Balaban J connectivity index is 3.40. The third-order valence-electron chi connectivity index (χ3n) is 2.35. The Labute approximate surface area is 115 Å². The van der Waals surface area contributed by atoms with Crippen molar-refractivity contribution in [1.29, 1.82) is 0 Å². The SMILES string of the molecule is CC(C)C(C(=O)O)S(=O)(=O)c1cc(Cl)cc(Cl)c1. The fourth-order valence-electron chi connectivity index (χ4n) is 1.62. The smallest absolute Gasteiger partial charge is 0.322 e. The van der Waals surface area contributed by atoms with E-state index in [9.17, 15) is 13.2 Å². The Morgan fingerprint density at radius 1 is 1.17 bits per heavy atom. The predicted octanol–water partition coefficient (Wildman–Crippen LogP) is 2.88. The number of rotatable bonds is 4. The minimum atomic E-state index is -4.01. The topological polar surface area (TPSA) is 71.4 Å². The number of carbonyl (C=O) groups is 1. The number of sulfone groups is 1. The van der Waals surface area contributed by atoms with Crippen molar-refractivity contribution in [3.8, 4) is 0 Å². The zero-order valence-electron chi connectivity index (χ0n) is 9.72. The second-order valence-electron chi connectivity index (χ2n) is 4.15. The lowest BCUT2D eigenvalue weighted by Crippen LogP contribution is -2.35. The highest BCUT2D eigenvalue weighted by molar-refractivity contribution is 7.92. The van der Waals surface area contributed by atoms with Crippen molar-refractivity contribution in [3.63, 3.8) is 0 Å². The average Bonchev–Trinajstić information content (AvgIpc) is 2.13. The third kappa shape index (κ3) is 3.16. The average molecular weight is 311 g/mol. The molecule has 0 saturated heterocycles. The van der Waals surface area contributed by atoms with Gasteiger partial charge in [-0.2, -0.15) is 0 Å². The second kappa shape index (κ2) is 5.47. The van der Waals surface area contributed by atoms with Crippen molar-refractivity contribution in [3.05, 3.63) is 28.2 Å². The molecule has 0 aliphatic heterocycles. The van der Waals surface area contributed by atoms with Gasteiger partial charge in [0.05, 0.1) is 4.90 Å². The lowest BCUT2D eigenvalue weighted by atomic mass is 10.1. The van der Waals surface area contributed by atoms with E-state index in [0.717, 1.165) is 0 Å². The summed E-state index contributed by atoms with van der Waals surface area (Å²) in [6, 6.07) is 3.77. The maximum absolute atomic E-state index is 12.2. The Morgan fingerprint density at radius 2 is 1.61 bits per heavy atom. The Hall–Kier alpha value is -0.780. The van der Waals surface area contributed by atoms with Gasteiger partial charge in [-0.15, -0.1) is 0 Å². The molecule has 1 atom stereocenters. The molecule has 1 unspecified atom stereocenters. The molecule has 0 radical (unpaired) electrons. The molecule has 1 aromatic carbocycles. The molecule has 0 heterocycles. The molecule has 0 bridgehead atoms. The normalized spacial score (nSPS) is 13.6. The highest BCUT2D eigenvalue weighted by Gasteiger charge is 2.36. The van der Waals surface area contributed by atoms with Gasteiger partial charge in [-0.05, 0) is 24.1 Å². The van der Waals surface area contributed by atoms with Crippen LogP contribution in [0.2, 0.25) is 10.0 Å². The number of carboxylic acids is 1. The number of hydrogen-bond donors (Lipinski definition) is 1. The Kier molecular flexibility index (Phi) is 4.64. The lowest BCUT2D eigenvalue weighted by molar-refractivity contribution is -0.137. The summed E-state index contributed by atoms with van der Waals surface area (Å²) in [7, 11) is -4.01. The van der Waals surface area contributed by atoms with Crippen LogP contribution in [0.1, 0.15) is 13.8 Å². The maximum atomic E-state index is 12.2. The summed E-state index contributed by atoms with van der Waals surface area (Å²) < 4.78 is 24.4. The molecule has 0 amide bonds. The Bertz CT molecular complexity index is 546. The third-order valence-corrected chi connectivity index (χ3v) is 5.09. The van der Waals surface area contributed by atoms with E-state index in [1.165, 1.54) is 32.0 Å². The molecule has 18 heavy (non-hydrogen) atoms. The van der Waals surface area contributed by atoms with Gasteiger partial charge in [0.25, 0.3) is 0 Å². The molecule has 0 spiro atoms. The van der Waals surface area contributed by atoms with Gasteiger partial charge >= 0.3 is 5.97 Å². The fourth-order valence-corrected chi connectivity index (χ4v) is 4.13. The standard InChI is InChI=1S/C11H12Cl2O4S/c1-6(2)10(11(14)15)18(16,17)9-4-7(12)3-8(13)5-9/h3-6,10H,1-2H3,(H,14,15). The van der Waals surface area contributed by atoms with Crippen LogP contribution in [0.3, 0.4) is 0 Å². The first-order valence-corrected chi connectivity index (χ1v) is 7.39. The van der Waals surface area contributed by atoms with Gasteiger partial charge in [-0.3, -0.25) is 4.79 Å². The lowest BCUT2D eigenvalue weighted by Gasteiger charge is -2.17. The molecule has 0 aromatic heterocycles. The summed E-state index contributed by atoms with van der Waals surface area (Å²) in [6.45, 7) is 3.06. The first-order chi connectivity index (χ1) is 8.16. The van der Waals surface area contributed by atoms with Gasteiger partial charge < -0.3 is 5.11 Å². The van der Waals surface area contributed by atoms with Crippen LogP contribution in [-0.4, -0.2) is 24.7 Å². The van der Waals surface area contributed by atoms with E-state index in [1.54, 1.807) is 0 Å². The summed E-state index contributed by atoms with van der Waals surface area (Å²) in [4.78, 5) is 10.9. The summed E-state index contributed by atoms with van der Waals surface area (Å²) in [5.41, 5.74) is 0. The van der Waals surface area contributed by atoms with Crippen molar-refractivity contribution >= 4 is 39.0 Å². The quantitative estimate of drug-likeness (QED) is 0.928. The van der Waals surface area contributed by atoms with Gasteiger partial charge in [-0.25, -0.2) is 8.42 Å². The zero-order chi connectivity index (χ0) is 14.1. The molecular weight excluding hydrogens is 299 g/mol. The van der Waals surface area contributed by atoms with E-state index in [0.29, 0.717) is 0 Å². The molecule has 1 N–H and O–H groups in total. The molecule has 0 saturated carbocycles. The summed E-state index contributed by atoms with van der Waals surface area (Å²) in [5, 5.41) is 7.81. The van der Waals surface area contributed by atoms with Crippen LogP contribution in [0, 0.1) is 5.92 Å². The van der Waals surface area contributed by atoms with Gasteiger partial charge in [0, 0.05) is 10.0 Å². The molecular formula is C11H12Cl2O4S. The van der Waals surface area contributed by atoms with Crippen LogP contribution in [0.5, 0.6) is 0 Å². The first kappa shape index (κ1) is 15.3. The summed E-state index contributed by atoms with van der Waals surface area (Å²) in [5.74, 6) is -1.95. The van der Waals surface area contributed by atoms with Crippen molar-refractivity contribution in [2.75, 3.05) is 0 Å². The van der Waals surface area contributed by atoms with Crippen LogP contribution >= 0.6 is 23.2 Å². The molecule has 0 aliphatic rings. The van der Waals surface area contributed by atoms with Crippen LogP contribution in [0.4, 0.5) is 0 Å². The van der Waals surface area contributed by atoms with E-state index >= 15 is 0 Å². The van der Waals surface area contributed by atoms with E-state index in [2.05, 4.69) is 0 Å². The van der Waals surface area contributed by atoms with Crippen molar-refractivity contribution in [1.82, 2.24) is 0 Å². The monoisotopic (exact) mass is 310 g/mol. The minimum absolute atomic E-state index is 0.147. The molecule has 1 aromatic rings. The molecule has 100 valence electrons. The van der Waals surface area contributed by atoms with E-state index in [-0.39, 0.29) is 14.9 Å². The minimum Gasteiger partial charge on any atom is -0.480 e. The molecule has 1 rings (SSSR count). The number of halogens is 2. The molecule has 0 aliphatic carbocycles. The van der Waals surface area contributed by atoms with Gasteiger partial charge in [0.2, 0.25) is 0 Å². The van der Waals surface area contributed by atoms with Crippen molar-refractivity contribution in [2.45, 2.75) is 24.0 Å². The second-order valence-corrected chi connectivity index (χ2v) is 7.10. The predicted molar refractivity (Wildman–Crippen MR) is 69.9 cm³/mol. The van der Waals surface area contributed by atoms with E-state index < -0.39 is 27.0 Å². The number of aliphatic carboxylic acids is 1. The largest absolute Gasteiger partial charge is 0.480 e. The first-order valence-electron chi connectivity index (χ1n) is 5.09. The highest BCUT2D eigenvalue weighted by Crippen LogP contribution is 2.27. The van der Waals surface area contributed by atoms with Crippen LogP contribution < -0.4 is 0 Å². The maximum Gasteiger partial charge on any atom is 0.322 e. The van der Waals surface area contributed by atoms with E-state index in [1.807, 2.05) is 0 Å². The van der Waals surface area contributed by atoms with Gasteiger partial charge in [-0.1, -0.05) is 37.0 Å². The number of carboxylic acid groups (broad SMARTS) is 1. The van der Waals surface area contributed by atoms with Crippen molar-refractivity contribution in [2.24, 2.45) is 5.92 Å².